The van der Waals surface area contributed by atoms with E-state index in [9.17, 15) is 14.0 Å². The lowest BCUT2D eigenvalue weighted by atomic mass is 9.86. The molecule has 1 unspecified atom stereocenters. The van der Waals surface area contributed by atoms with Gasteiger partial charge >= 0.3 is 5.97 Å². The van der Waals surface area contributed by atoms with E-state index in [-0.39, 0.29) is 21.8 Å². The molecule has 1 atom stereocenters. The highest BCUT2D eigenvalue weighted by Gasteiger charge is 2.24. The minimum Gasteiger partial charge on any atom is -0.451 e. The van der Waals surface area contributed by atoms with Gasteiger partial charge in [0, 0.05) is 5.56 Å². The molecular formula is C20H20ClFO3. The van der Waals surface area contributed by atoms with Gasteiger partial charge in [-0.2, -0.15) is 0 Å². The van der Waals surface area contributed by atoms with Gasteiger partial charge in [0.2, 0.25) is 5.78 Å². The van der Waals surface area contributed by atoms with Gasteiger partial charge in [0.25, 0.3) is 0 Å². The number of hydrogen-bond acceptors (Lipinski definition) is 3. The first kappa shape index (κ1) is 19.1. The zero-order valence-electron chi connectivity index (χ0n) is 14.6. The van der Waals surface area contributed by atoms with Crippen molar-refractivity contribution in [2.75, 3.05) is 0 Å². The zero-order valence-corrected chi connectivity index (χ0v) is 15.4. The van der Waals surface area contributed by atoms with Crippen LogP contribution in [0, 0.1) is 5.82 Å². The van der Waals surface area contributed by atoms with Crippen LogP contribution in [0.5, 0.6) is 0 Å². The van der Waals surface area contributed by atoms with Gasteiger partial charge in [-0.15, -0.1) is 0 Å². The van der Waals surface area contributed by atoms with Crippen LogP contribution in [-0.4, -0.2) is 17.9 Å². The fourth-order valence-corrected chi connectivity index (χ4v) is 2.58. The second kappa shape index (κ2) is 7.36. The number of benzene rings is 2. The maximum absolute atomic E-state index is 13.8. The van der Waals surface area contributed by atoms with Gasteiger partial charge in [-0.05, 0) is 30.0 Å². The lowest BCUT2D eigenvalue weighted by molar-refractivity contribution is 0.0314. The molecule has 0 N–H and O–H groups in total. The molecule has 0 spiro atoms. The summed E-state index contributed by atoms with van der Waals surface area (Å²) in [6.07, 6.45) is -1.05. The van der Waals surface area contributed by atoms with Crippen molar-refractivity contribution in [1.29, 1.82) is 0 Å². The average Bonchev–Trinajstić information content (AvgIpc) is 2.53. The van der Waals surface area contributed by atoms with Crippen molar-refractivity contribution in [3.63, 3.8) is 0 Å². The Balaban J connectivity index is 2.14. The van der Waals surface area contributed by atoms with E-state index in [1.165, 1.54) is 19.1 Å². The number of hydrogen-bond donors (Lipinski definition) is 0. The summed E-state index contributed by atoms with van der Waals surface area (Å²) >= 11 is 5.84. The Morgan fingerprint density at radius 1 is 1.08 bits per heavy atom. The van der Waals surface area contributed by atoms with Gasteiger partial charge < -0.3 is 4.74 Å². The predicted molar refractivity (Wildman–Crippen MR) is 95.8 cm³/mol. The monoisotopic (exact) mass is 362 g/mol. The summed E-state index contributed by atoms with van der Waals surface area (Å²) in [6.45, 7) is 7.68. The van der Waals surface area contributed by atoms with Gasteiger partial charge in [0.05, 0.1) is 5.02 Å². The van der Waals surface area contributed by atoms with Crippen molar-refractivity contribution in [3.05, 3.63) is 70.0 Å². The number of carbonyl (C=O) groups excluding carboxylic acids is 2. The number of halogens is 2. The molecule has 0 bridgehead atoms. The van der Waals surface area contributed by atoms with Crippen LogP contribution in [0.2, 0.25) is 5.02 Å². The van der Waals surface area contributed by atoms with E-state index in [1.807, 2.05) is 12.1 Å². The van der Waals surface area contributed by atoms with Crippen LogP contribution in [0.1, 0.15) is 54.0 Å². The maximum atomic E-state index is 13.8. The van der Waals surface area contributed by atoms with Gasteiger partial charge in [0.1, 0.15) is 11.4 Å². The molecule has 0 saturated heterocycles. The van der Waals surface area contributed by atoms with E-state index < -0.39 is 17.9 Å². The molecule has 2 aromatic rings. The lowest BCUT2D eigenvalue weighted by Gasteiger charge is -2.19. The summed E-state index contributed by atoms with van der Waals surface area (Å²) in [6, 6.07) is 11.0. The second-order valence-electron chi connectivity index (χ2n) is 6.84. The first-order valence-electron chi connectivity index (χ1n) is 7.91. The van der Waals surface area contributed by atoms with E-state index in [0.29, 0.717) is 5.56 Å². The fraction of sp³-hybridized carbons (Fsp3) is 0.300. The molecule has 5 heteroatoms. The third-order valence-electron chi connectivity index (χ3n) is 3.86. The molecule has 25 heavy (non-hydrogen) atoms. The smallest absolute Gasteiger partial charge is 0.343 e. The first-order chi connectivity index (χ1) is 11.6. The minimum absolute atomic E-state index is 0.0265. The maximum Gasteiger partial charge on any atom is 0.343 e. The molecule has 0 amide bonds. The summed E-state index contributed by atoms with van der Waals surface area (Å²) in [5, 5.41) is -0.0563. The summed E-state index contributed by atoms with van der Waals surface area (Å²) in [7, 11) is 0. The Hall–Kier alpha value is -2.20. The van der Waals surface area contributed by atoms with E-state index in [0.717, 1.165) is 11.6 Å². The molecule has 0 fully saturated rings. The van der Waals surface area contributed by atoms with Crippen LogP contribution in [-0.2, 0) is 10.2 Å². The van der Waals surface area contributed by atoms with Gasteiger partial charge in [-0.25, -0.2) is 9.18 Å². The third kappa shape index (κ3) is 4.45. The van der Waals surface area contributed by atoms with Gasteiger partial charge in [-0.3, -0.25) is 4.79 Å². The normalized spacial score (nSPS) is 12.6. The van der Waals surface area contributed by atoms with Crippen LogP contribution in [0.3, 0.4) is 0 Å². The molecule has 0 heterocycles. The molecule has 2 rings (SSSR count). The molecule has 0 aliphatic heterocycles. The van der Waals surface area contributed by atoms with Crippen molar-refractivity contribution < 1.29 is 18.7 Å². The fourth-order valence-electron chi connectivity index (χ4n) is 2.34. The Bertz CT molecular complexity index is 771. The average molecular weight is 363 g/mol. The second-order valence-corrected chi connectivity index (χ2v) is 7.24. The molecule has 0 aliphatic carbocycles. The zero-order chi connectivity index (χ0) is 18.8. The van der Waals surface area contributed by atoms with E-state index >= 15 is 0 Å². The first-order valence-corrected chi connectivity index (χ1v) is 8.29. The minimum atomic E-state index is -1.05. The summed E-state index contributed by atoms with van der Waals surface area (Å²) in [5.74, 6) is -2.11. The Morgan fingerprint density at radius 3 is 2.20 bits per heavy atom. The van der Waals surface area contributed by atoms with E-state index in [2.05, 4.69) is 20.8 Å². The Morgan fingerprint density at radius 2 is 1.68 bits per heavy atom. The number of rotatable bonds is 4. The molecule has 132 valence electrons. The number of carbonyl (C=O) groups is 2. The van der Waals surface area contributed by atoms with E-state index in [1.54, 1.807) is 12.1 Å². The Kier molecular flexibility index (Phi) is 5.63. The summed E-state index contributed by atoms with van der Waals surface area (Å²) < 4.78 is 18.9. The quantitative estimate of drug-likeness (QED) is 0.554. The molecule has 0 radical (unpaired) electrons. The topological polar surface area (TPSA) is 43.4 Å². The van der Waals surface area contributed by atoms with Crippen molar-refractivity contribution >= 4 is 23.4 Å². The molecule has 0 aromatic heterocycles. The van der Waals surface area contributed by atoms with Crippen LogP contribution in [0.4, 0.5) is 4.39 Å². The van der Waals surface area contributed by atoms with Crippen LogP contribution in [0.15, 0.2) is 42.5 Å². The highest BCUT2D eigenvalue weighted by molar-refractivity contribution is 6.33. The van der Waals surface area contributed by atoms with Gasteiger partial charge in [-0.1, -0.05) is 62.7 Å². The van der Waals surface area contributed by atoms with E-state index in [4.69, 9.17) is 16.3 Å². The molecule has 0 saturated carbocycles. The van der Waals surface area contributed by atoms with Crippen molar-refractivity contribution in [1.82, 2.24) is 0 Å². The lowest BCUT2D eigenvalue weighted by Crippen LogP contribution is -2.25. The number of Topliss-reactive ketones (excluding diaryl/α,β-unsaturated/α-hetero) is 1. The third-order valence-corrected chi connectivity index (χ3v) is 4.17. The van der Waals surface area contributed by atoms with Crippen LogP contribution in [0.25, 0.3) is 0 Å². The highest BCUT2D eigenvalue weighted by atomic mass is 35.5. The Labute approximate surface area is 151 Å². The van der Waals surface area contributed by atoms with Crippen molar-refractivity contribution in [3.8, 4) is 0 Å². The van der Waals surface area contributed by atoms with Crippen LogP contribution < -0.4 is 0 Å². The number of ketones is 1. The molecule has 2 aromatic carbocycles. The molecule has 3 nitrogen and oxygen atoms in total. The van der Waals surface area contributed by atoms with Crippen molar-refractivity contribution in [2.45, 2.75) is 39.2 Å². The summed E-state index contributed by atoms with van der Waals surface area (Å²) in [5.41, 5.74) is 1.12. The molecular weight excluding hydrogens is 343 g/mol. The number of esters is 1. The van der Waals surface area contributed by atoms with Crippen LogP contribution >= 0.6 is 11.6 Å². The van der Waals surface area contributed by atoms with Gasteiger partial charge in [0.15, 0.2) is 6.10 Å². The highest BCUT2D eigenvalue weighted by Crippen LogP contribution is 2.23. The molecule has 0 aliphatic rings. The predicted octanol–water partition coefficient (Wildman–Crippen LogP) is 5.20. The largest absolute Gasteiger partial charge is 0.451 e. The SMILES string of the molecule is CC(OC(=O)c1c(F)cccc1Cl)C(=O)c1ccc(C(C)(C)C)cc1. The standard InChI is InChI=1S/C20H20ClFO3/c1-12(25-19(24)17-15(21)6-5-7-16(17)22)18(23)13-8-10-14(11-9-13)20(2,3)4/h5-12H,1-4H3. The van der Waals surface area contributed by atoms with Crippen molar-refractivity contribution in [2.24, 2.45) is 0 Å². The number of ether oxygens (including phenoxy) is 1. The summed E-state index contributed by atoms with van der Waals surface area (Å²) in [4.78, 5) is 24.6.